The van der Waals surface area contributed by atoms with Gasteiger partial charge in [0.25, 0.3) is 0 Å². The summed E-state index contributed by atoms with van der Waals surface area (Å²) >= 11 is 0. The minimum Gasteiger partial charge on any atom is -0.325 e. The van der Waals surface area contributed by atoms with Crippen molar-refractivity contribution in [3.63, 3.8) is 0 Å². The van der Waals surface area contributed by atoms with Crippen LogP contribution in [-0.4, -0.2) is 44.3 Å². The maximum atomic E-state index is 2.52. The fraction of sp³-hybridized carbons (Fsp3) is 0.571. The quantitative estimate of drug-likeness (QED) is 0.0626. The van der Waals surface area contributed by atoms with Crippen molar-refractivity contribution in [3.05, 3.63) is 91.0 Å². The number of benzene rings is 3. The molecule has 0 heterocycles. The first-order valence-electron chi connectivity index (χ1n) is 19.2. The molecule has 0 aliphatic heterocycles. The van der Waals surface area contributed by atoms with Crippen LogP contribution >= 0.6 is 0 Å². The van der Waals surface area contributed by atoms with Crippen molar-refractivity contribution in [1.82, 2.24) is 0 Å². The van der Waals surface area contributed by atoms with Gasteiger partial charge in [0.2, 0.25) is 0 Å². The van der Waals surface area contributed by atoms with Crippen molar-refractivity contribution in [3.8, 4) is 0 Å². The zero-order chi connectivity index (χ0) is 32.9. The van der Waals surface area contributed by atoms with Crippen LogP contribution in [0.4, 0.5) is 0 Å². The minimum atomic E-state index is -1.99. The molecule has 250 valence electrons. The molecule has 0 fully saturated rings. The summed E-state index contributed by atoms with van der Waals surface area (Å²) in [5, 5.41) is 1.70. The molecular formula is C42H70BNSi. The average molecular weight is 628 g/mol. The molecule has 0 aliphatic carbocycles. The number of unbranched alkanes of at least 4 members (excludes halogenated alkanes) is 7. The van der Waals surface area contributed by atoms with Crippen molar-refractivity contribution in [1.29, 1.82) is 0 Å². The SMILES string of the molecule is CCCCCCCC[B-](c1ccccc1)(c1ccccc1)[Si](CCCC)(CCCC)c1ccccc1.CC[N+](CC)(CC)CC. The fourth-order valence-electron chi connectivity index (χ4n) is 8.52. The van der Waals surface area contributed by atoms with Crippen molar-refractivity contribution in [2.45, 2.75) is 131 Å². The van der Waals surface area contributed by atoms with Crippen LogP contribution < -0.4 is 16.1 Å². The van der Waals surface area contributed by atoms with E-state index >= 15 is 0 Å². The fourth-order valence-corrected chi connectivity index (χ4v) is 16.1. The van der Waals surface area contributed by atoms with Crippen LogP contribution in [0.25, 0.3) is 0 Å². The second-order valence-corrected chi connectivity index (χ2v) is 18.6. The monoisotopic (exact) mass is 628 g/mol. The molecule has 0 aromatic heterocycles. The van der Waals surface area contributed by atoms with Gasteiger partial charge in [0.05, 0.1) is 31.9 Å². The maximum absolute atomic E-state index is 2.52. The van der Waals surface area contributed by atoms with Gasteiger partial charge in [-0.25, -0.2) is 10.9 Å². The van der Waals surface area contributed by atoms with Crippen LogP contribution in [0.5, 0.6) is 0 Å². The Labute approximate surface area is 281 Å². The van der Waals surface area contributed by atoms with Crippen LogP contribution in [0.1, 0.15) is 113 Å². The number of hydrogen-bond acceptors (Lipinski definition) is 0. The van der Waals surface area contributed by atoms with E-state index in [4.69, 9.17) is 0 Å². The summed E-state index contributed by atoms with van der Waals surface area (Å²) in [5.41, 5.74) is 2.37. The number of nitrogens with zero attached hydrogens (tertiary/aromatic N) is 1. The molecule has 0 bridgehead atoms. The summed E-state index contributed by atoms with van der Waals surface area (Å²) in [7, 11) is -1.99. The third kappa shape index (κ3) is 10.4. The molecule has 0 radical (unpaired) electrons. The van der Waals surface area contributed by atoms with E-state index in [0.29, 0.717) is 0 Å². The van der Waals surface area contributed by atoms with Gasteiger partial charge in [0, 0.05) is 0 Å². The van der Waals surface area contributed by atoms with Gasteiger partial charge in [-0.15, -0.1) is 0 Å². The summed E-state index contributed by atoms with van der Waals surface area (Å²) in [4.78, 5) is 0. The van der Waals surface area contributed by atoms with Crippen molar-refractivity contribution < 1.29 is 4.48 Å². The molecule has 0 saturated carbocycles. The van der Waals surface area contributed by atoms with E-state index in [2.05, 4.69) is 139 Å². The molecule has 3 aromatic rings. The van der Waals surface area contributed by atoms with E-state index in [1.807, 2.05) is 0 Å². The summed E-state index contributed by atoms with van der Waals surface area (Å²) < 4.78 is 1.28. The maximum Gasteiger partial charge on any atom is 0.0757 e. The predicted octanol–water partition coefficient (Wildman–Crippen LogP) is 10.5. The van der Waals surface area contributed by atoms with E-state index in [-0.39, 0.29) is 0 Å². The topological polar surface area (TPSA) is 0 Å². The zero-order valence-electron chi connectivity index (χ0n) is 30.7. The highest BCUT2D eigenvalue weighted by atomic mass is 28.3. The van der Waals surface area contributed by atoms with E-state index in [0.717, 1.165) is 0 Å². The molecule has 0 saturated heterocycles. The lowest BCUT2D eigenvalue weighted by Crippen LogP contribution is -2.80. The molecule has 45 heavy (non-hydrogen) atoms. The Bertz CT molecular complexity index is 1050. The summed E-state index contributed by atoms with van der Waals surface area (Å²) in [6.07, 6.45) is 14.7. The Kier molecular flexibility index (Phi) is 18.8. The van der Waals surface area contributed by atoms with E-state index in [9.17, 15) is 0 Å². The van der Waals surface area contributed by atoms with E-state index in [1.165, 1.54) is 113 Å². The van der Waals surface area contributed by atoms with Crippen LogP contribution in [0, 0.1) is 0 Å². The number of hydrogen-bond donors (Lipinski definition) is 0. The largest absolute Gasteiger partial charge is 0.325 e. The van der Waals surface area contributed by atoms with Gasteiger partial charge in [-0.05, 0) is 35.6 Å². The van der Waals surface area contributed by atoms with Crippen LogP contribution in [0.2, 0.25) is 18.4 Å². The lowest BCUT2D eigenvalue weighted by molar-refractivity contribution is -0.921. The molecule has 0 N–H and O–H groups in total. The predicted molar refractivity (Wildman–Crippen MR) is 210 cm³/mol. The van der Waals surface area contributed by atoms with Crippen LogP contribution in [0.3, 0.4) is 0 Å². The van der Waals surface area contributed by atoms with Crippen molar-refractivity contribution in [2.75, 3.05) is 26.2 Å². The summed E-state index contributed by atoms with van der Waals surface area (Å²) in [6, 6.07) is 38.3. The molecular weight excluding hydrogens is 557 g/mol. The van der Waals surface area contributed by atoms with Crippen molar-refractivity contribution >= 4 is 29.8 Å². The van der Waals surface area contributed by atoms with Crippen LogP contribution in [-0.2, 0) is 0 Å². The Morgan fingerprint density at radius 1 is 0.444 bits per heavy atom. The first-order chi connectivity index (χ1) is 22.0. The molecule has 1 nitrogen and oxygen atoms in total. The van der Waals surface area contributed by atoms with E-state index in [1.54, 1.807) is 16.1 Å². The van der Waals surface area contributed by atoms with Gasteiger partial charge < -0.3 is 4.48 Å². The Morgan fingerprint density at radius 2 is 0.822 bits per heavy atom. The normalized spacial score (nSPS) is 12.1. The highest BCUT2D eigenvalue weighted by molar-refractivity contribution is 7.55. The van der Waals surface area contributed by atoms with Gasteiger partial charge >= 0.3 is 0 Å². The minimum absolute atomic E-state index is 0.883. The molecule has 0 aliphatic rings. The third-order valence-electron chi connectivity index (χ3n) is 11.7. The Morgan fingerprint density at radius 3 is 1.20 bits per heavy atom. The summed E-state index contributed by atoms with van der Waals surface area (Å²) in [5.74, 6) is 0. The molecule has 0 spiro atoms. The standard InChI is InChI=1S/C34H50BSi.C8H20N/c1-4-7-10-11-12-22-29-35(32-23-16-13-17-24-32,33-25-18-14-19-26-33)36(30-8-5-2,31-9-6-3)34-27-20-15-21-28-34;1-5-9(6-2,7-3)8-4/h13-21,23-28H,4-12,22,29-31H2,1-3H3;5-8H2,1-4H3/q-1;+1. The van der Waals surface area contributed by atoms with Crippen LogP contribution in [0.15, 0.2) is 91.0 Å². The van der Waals surface area contributed by atoms with Gasteiger partial charge in [0.1, 0.15) is 0 Å². The zero-order valence-corrected chi connectivity index (χ0v) is 31.7. The molecule has 0 amide bonds. The van der Waals surface area contributed by atoms with E-state index < -0.39 is 13.7 Å². The molecule has 0 atom stereocenters. The number of rotatable bonds is 21. The van der Waals surface area contributed by atoms with Gasteiger partial charge in [-0.2, -0.15) is 6.32 Å². The summed E-state index contributed by atoms with van der Waals surface area (Å²) in [6.45, 7) is 21.3. The first-order valence-corrected chi connectivity index (χ1v) is 21.7. The highest BCUT2D eigenvalue weighted by Crippen LogP contribution is 2.35. The molecule has 0 unspecified atom stereocenters. The van der Waals surface area contributed by atoms with Gasteiger partial charge in [-0.3, -0.25) is 0 Å². The molecule has 3 heteroatoms. The highest BCUT2D eigenvalue weighted by Gasteiger charge is 2.48. The Balaban J connectivity index is 0.000000681. The average Bonchev–Trinajstić information content (AvgIpc) is 3.11. The second-order valence-electron chi connectivity index (χ2n) is 13.8. The first kappa shape index (κ1) is 39.1. The van der Waals surface area contributed by atoms with Gasteiger partial charge in [0.15, 0.2) is 0 Å². The molecule has 3 rings (SSSR count). The lowest BCUT2D eigenvalue weighted by atomic mass is 9.35. The Hall–Kier alpha value is -2.10. The third-order valence-corrected chi connectivity index (χ3v) is 18.5. The molecule has 3 aromatic carbocycles. The van der Waals surface area contributed by atoms with Gasteiger partial charge in [-0.1, -0.05) is 193 Å². The van der Waals surface area contributed by atoms with Crippen molar-refractivity contribution in [2.24, 2.45) is 0 Å². The lowest BCUT2D eigenvalue weighted by Gasteiger charge is -2.58. The second kappa shape index (κ2) is 21.7. The smallest absolute Gasteiger partial charge is 0.0757 e. The number of quaternary nitrogens is 1.